The van der Waals surface area contributed by atoms with Crippen molar-refractivity contribution >= 4 is 33.2 Å². The molecule has 1 aliphatic rings. The van der Waals surface area contributed by atoms with Gasteiger partial charge in [0.1, 0.15) is 11.5 Å². The van der Waals surface area contributed by atoms with Crippen LogP contribution in [0, 0.1) is 6.92 Å². The van der Waals surface area contributed by atoms with Gasteiger partial charge in [0.05, 0.1) is 42.0 Å². The number of nitrogens with one attached hydrogen (secondary N) is 2. The highest BCUT2D eigenvalue weighted by Crippen LogP contribution is 2.37. The predicted molar refractivity (Wildman–Crippen MR) is 122 cm³/mol. The molecule has 174 valence electrons. The fourth-order valence-electron chi connectivity index (χ4n) is 3.55. The van der Waals surface area contributed by atoms with Gasteiger partial charge in [-0.2, -0.15) is 0 Å². The molecule has 2 unspecified atom stereocenters. The first-order chi connectivity index (χ1) is 15.2. The molecule has 8 nitrogen and oxygen atoms in total. The lowest BCUT2D eigenvalue weighted by Crippen LogP contribution is -2.40. The van der Waals surface area contributed by atoms with Crippen molar-refractivity contribution in [3.63, 3.8) is 0 Å². The largest absolute Gasteiger partial charge is 0.495 e. The summed E-state index contributed by atoms with van der Waals surface area (Å²) in [5, 5.41) is 3.12. The number of ether oxygens (including phenoxy) is 3. The Balaban J connectivity index is 1.87. The topological polar surface area (TPSA) is 103 Å². The van der Waals surface area contributed by atoms with Crippen molar-refractivity contribution in [3.05, 3.63) is 46.5 Å². The van der Waals surface area contributed by atoms with E-state index in [0.717, 1.165) is 12.8 Å². The quantitative estimate of drug-likeness (QED) is 0.593. The second kappa shape index (κ2) is 9.97. The van der Waals surface area contributed by atoms with Gasteiger partial charge in [-0.15, -0.1) is 0 Å². The van der Waals surface area contributed by atoms with Crippen LogP contribution in [-0.2, 0) is 14.8 Å². The number of hydrogen-bond acceptors (Lipinski definition) is 6. The zero-order valence-corrected chi connectivity index (χ0v) is 20.0. The van der Waals surface area contributed by atoms with Gasteiger partial charge < -0.3 is 19.5 Å². The van der Waals surface area contributed by atoms with Gasteiger partial charge >= 0.3 is 0 Å². The molecule has 2 N–H and O–H groups in total. The third-order valence-corrected chi connectivity index (χ3v) is 7.14. The van der Waals surface area contributed by atoms with Crippen molar-refractivity contribution in [3.8, 4) is 11.5 Å². The molecular weight excluding hydrogens is 456 g/mol. The second-order valence-electron chi connectivity index (χ2n) is 7.59. The van der Waals surface area contributed by atoms with Crippen molar-refractivity contribution in [1.82, 2.24) is 5.32 Å². The van der Waals surface area contributed by atoms with E-state index in [1.807, 2.05) is 6.92 Å². The number of carbonyl (C=O) groups is 1. The number of halogens is 1. The molecule has 2 atom stereocenters. The molecule has 0 saturated carbocycles. The van der Waals surface area contributed by atoms with Gasteiger partial charge in [-0.05, 0) is 50.5 Å². The Kier molecular flexibility index (Phi) is 7.53. The smallest absolute Gasteiger partial charge is 0.262 e. The number of anilines is 1. The van der Waals surface area contributed by atoms with Crippen molar-refractivity contribution < 1.29 is 27.4 Å². The summed E-state index contributed by atoms with van der Waals surface area (Å²) >= 11 is 6.16. The summed E-state index contributed by atoms with van der Waals surface area (Å²) in [4.78, 5) is 12.7. The first-order valence-electron chi connectivity index (χ1n) is 10.1. The molecule has 2 aromatic rings. The number of methoxy groups -OCH3 is 2. The molecule has 0 aliphatic carbocycles. The fraction of sp³-hybridized carbons (Fsp3) is 0.409. The van der Waals surface area contributed by atoms with Crippen LogP contribution in [0.15, 0.2) is 35.2 Å². The van der Waals surface area contributed by atoms with E-state index in [-0.39, 0.29) is 45.0 Å². The maximum atomic E-state index is 13.2. The third kappa shape index (κ3) is 5.28. The zero-order chi connectivity index (χ0) is 23.5. The lowest BCUT2D eigenvalue weighted by atomic mass is 10.1. The first-order valence-corrected chi connectivity index (χ1v) is 12.0. The molecule has 1 aliphatic heterocycles. The van der Waals surface area contributed by atoms with Crippen molar-refractivity contribution in [1.29, 1.82) is 0 Å². The van der Waals surface area contributed by atoms with E-state index in [2.05, 4.69) is 10.0 Å². The van der Waals surface area contributed by atoms with Crippen LogP contribution in [0.3, 0.4) is 0 Å². The molecule has 0 spiro atoms. The van der Waals surface area contributed by atoms with E-state index >= 15 is 0 Å². The summed E-state index contributed by atoms with van der Waals surface area (Å²) in [6.07, 6.45) is 1.80. The molecule has 0 radical (unpaired) electrons. The first kappa shape index (κ1) is 24.2. The summed E-state index contributed by atoms with van der Waals surface area (Å²) in [5.41, 5.74) is 0.875. The Labute approximate surface area is 193 Å². The maximum Gasteiger partial charge on any atom is 0.262 e. The van der Waals surface area contributed by atoms with Crippen LogP contribution in [0.5, 0.6) is 11.5 Å². The van der Waals surface area contributed by atoms with Crippen LogP contribution in [0.1, 0.15) is 35.7 Å². The van der Waals surface area contributed by atoms with Crippen molar-refractivity contribution in [2.45, 2.75) is 43.7 Å². The highest BCUT2D eigenvalue weighted by molar-refractivity contribution is 7.92. The highest BCUT2D eigenvalue weighted by atomic mass is 35.5. The molecule has 1 amide bonds. The van der Waals surface area contributed by atoms with Crippen LogP contribution in [0.4, 0.5) is 5.69 Å². The highest BCUT2D eigenvalue weighted by Gasteiger charge is 2.26. The number of sulfonamides is 1. The summed E-state index contributed by atoms with van der Waals surface area (Å²) in [5.74, 6) is 0.225. The van der Waals surface area contributed by atoms with Gasteiger partial charge in [0, 0.05) is 18.2 Å². The number of rotatable bonds is 8. The van der Waals surface area contributed by atoms with Crippen LogP contribution >= 0.6 is 11.6 Å². The third-order valence-electron chi connectivity index (χ3n) is 5.34. The second-order valence-corrected chi connectivity index (χ2v) is 9.64. The molecule has 0 bridgehead atoms. The summed E-state index contributed by atoms with van der Waals surface area (Å²) in [7, 11) is -1.19. The van der Waals surface area contributed by atoms with Crippen LogP contribution in [0.2, 0.25) is 5.02 Å². The number of carbonyl (C=O) groups excluding carboxylic acids is 1. The average molecular weight is 483 g/mol. The Morgan fingerprint density at radius 2 is 1.91 bits per heavy atom. The SMILES string of the molecule is COc1cc(OC)c(NS(=O)(=O)c2cc(C(=O)NC(C)C3CCCO3)ccc2C)cc1Cl. The normalized spacial score (nSPS) is 17.0. The maximum absolute atomic E-state index is 13.2. The molecule has 1 heterocycles. The molecule has 2 aromatic carbocycles. The van der Waals surface area contributed by atoms with Gasteiger partial charge in [-0.1, -0.05) is 17.7 Å². The van der Waals surface area contributed by atoms with Crippen LogP contribution < -0.4 is 19.5 Å². The van der Waals surface area contributed by atoms with E-state index in [0.29, 0.717) is 17.9 Å². The molecule has 1 saturated heterocycles. The van der Waals surface area contributed by atoms with Crippen molar-refractivity contribution in [2.24, 2.45) is 0 Å². The number of benzene rings is 2. The summed E-state index contributed by atoms with van der Waals surface area (Å²) in [6.45, 7) is 4.22. The predicted octanol–water partition coefficient (Wildman–Crippen LogP) is 3.76. The van der Waals surface area contributed by atoms with Gasteiger partial charge in [0.25, 0.3) is 15.9 Å². The van der Waals surface area contributed by atoms with Crippen molar-refractivity contribution in [2.75, 3.05) is 25.5 Å². The van der Waals surface area contributed by atoms with E-state index < -0.39 is 10.0 Å². The van der Waals surface area contributed by atoms with Gasteiger partial charge in [0.15, 0.2) is 0 Å². The van der Waals surface area contributed by atoms with E-state index in [4.69, 9.17) is 25.8 Å². The zero-order valence-electron chi connectivity index (χ0n) is 18.4. The lowest BCUT2D eigenvalue weighted by molar-refractivity contribution is 0.0712. The summed E-state index contributed by atoms with van der Waals surface area (Å²) in [6, 6.07) is 7.26. The minimum atomic E-state index is -4.05. The Bertz CT molecular complexity index is 1100. The van der Waals surface area contributed by atoms with Gasteiger partial charge in [0.2, 0.25) is 0 Å². The fourth-order valence-corrected chi connectivity index (χ4v) is 5.12. The lowest BCUT2D eigenvalue weighted by Gasteiger charge is -2.20. The number of amides is 1. The average Bonchev–Trinajstić information content (AvgIpc) is 3.29. The monoisotopic (exact) mass is 482 g/mol. The van der Waals surface area contributed by atoms with E-state index in [1.54, 1.807) is 19.1 Å². The minimum Gasteiger partial charge on any atom is -0.495 e. The van der Waals surface area contributed by atoms with E-state index in [1.165, 1.54) is 32.4 Å². The molecule has 1 fully saturated rings. The molecule has 10 heteroatoms. The molecule has 3 rings (SSSR count). The standard InChI is InChI=1S/C22H27ClN2O6S/c1-13-7-8-15(22(26)24-14(2)18-6-5-9-31-18)10-21(13)32(27,28)25-17-11-16(23)19(29-3)12-20(17)30-4/h7-8,10-12,14,18,25H,5-6,9H2,1-4H3,(H,24,26). The minimum absolute atomic E-state index is 0.0242. The van der Waals surface area contributed by atoms with Crippen LogP contribution in [-0.4, -0.2) is 47.3 Å². The molecule has 0 aromatic heterocycles. The van der Waals surface area contributed by atoms with E-state index in [9.17, 15) is 13.2 Å². The van der Waals surface area contributed by atoms with Crippen LogP contribution in [0.25, 0.3) is 0 Å². The Hall–Kier alpha value is -2.49. The van der Waals surface area contributed by atoms with Gasteiger partial charge in [-0.25, -0.2) is 8.42 Å². The Morgan fingerprint density at radius 3 is 2.53 bits per heavy atom. The number of aryl methyl sites for hydroxylation is 1. The van der Waals surface area contributed by atoms with Gasteiger partial charge in [-0.3, -0.25) is 9.52 Å². The number of hydrogen-bond donors (Lipinski definition) is 2. The molecule has 32 heavy (non-hydrogen) atoms. The summed E-state index contributed by atoms with van der Waals surface area (Å²) < 4.78 is 44.9. The Morgan fingerprint density at radius 1 is 1.19 bits per heavy atom. The molecular formula is C22H27ClN2O6S.